The SMILES string of the molecule is Cc1c(CN[C@H]2CCCNc3ccccc32)cccc1[N+](=O)[O-]. The second kappa shape index (κ2) is 6.79. The highest BCUT2D eigenvalue weighted by atomic mass is 16.6. The van der Waals surface area contributed by atoms with E-state index >= 15 is 0 Å². The van der Waals surface area contributed by atoms with Gasteiger partial charge in [0.2, 0.25) is 0 Å². The quantitative estimate of drug-likeness (QED) is 0.663. The van der Waals surface area contributed by atoms with Gasteiger partial charge in [0.1, 0.15) is 0 Å². The van der Waals surface area contributed by atoms with E-state index in [2.05, 4.69) is 28.8 Å². The van der Waals surface area contributed by atoms with Gasteiger partial charge in [-0.2, -0.15) is 0 Å². The first kappa shape index (κ1) is 15.5. The third-order valence-corrected chi connectivity index (χ3v) is 4.47. The van der Waals surface area contributed by atoms with Crippen molar-refractivity contribution >= 4 is 11.4 Å². The second-order valence-corrected chi connectivity index (χ2v) is 5.91. The first-order valence-corrected chi connectivity index (χ1v) is 7.96. The van der Waals surface area contributed by atoms with Crippen LogP contribution in [0.4, 0.5) is 11.4 Å². The summed E-state index contributed by atoms with van der Waals surface area (Å²) in [7, 11) is 0. The maximum absolute atomic E-state index is 11.1. The molecular formula is C18H21N3O2. The summed E-state index contributed by atoms with van der Waals surface area (Å²) >= 11 is 0. The minimum Gasteiger partial charge on any atom is -0.385 e. The fourth-order valence-corrected chi connectivity index (χ4v) is 3.15. The Hall–Kier alpha value is -2.40. The highest BCUT2D eigenvalue weighted by molar-refractivity contribution is 5.53. The molecule has 0 saturated heterocycles. The molecule has 120 valence electrons. The number of nitro groups is 1. The molecule has 5 nitrogen and oxygen atoms in total. The molecule has 0 amide bonds. The summed E-state index contributed by atoms with van der Waals surface area (Å²) in [4.78, 5) is 10.8. The van der Waals surface area contributed by atoms with Crippen molar-refractivity contribution in [1.82, 2.24) is 5.32 Å². The van der Waals surface area contributed by atoms with E-state index in [4.69, 9.17) is 0 Å². The molecule has 0 saturated carbocycles. The van der Waals surface area contributed by atoms with Gasteiger partial charge in [0.15, 0.2) is 0 Å². The molecule has 2 aromatic rings. The smallest absolute Gasteiger partial charge is 0.272 e. The van der Waals surface area contributed by atoms with Gasteiger partial charge in [-0.1, -0.05) is 30.3 Å². The van der Waals surface area contributed by atoms with Crippen LogP contribution in [0.1, 0.15) is 35.6 Å². The van der Waals surface area contributed by atoms with Gasteiger partial charge in [0, 0.05) is 36.4 Å². The molecule has 1 atom stereocenters. The Morgan fingerprint density at radius 2 is 2.09 bits per heavy atom. The van der Waals surface area contributed by atoms with Crippen LogP contribution >= 0.6 is 0 Å². The van der Waals surface area contributed by atoms with Crippen molar-refractivity contribution in [2.24, 2.45) is 0 Å². The Labute approximate surface area is 135 Å². The van der Waals surface area contributed by atoms with Gasteiger partial charge >= 0.3 is 0 Å². The van der Waals surface area contributed by atoms with Crippen molar-refractivity contribution in [2.45, 2.75) is 32.4 Å². The van der Waals surface area contributed by atoms with Crippen molar-refractivity contribution in [3.63, 3.8) is 0 Å². The van der Waals surface area contributed by atoms with Crippen LogP contribution in [0, 0.1) is 17.0 Å². The lowest BCUT2D eigenvalue weighted by Gasteiger charge is -2.19. The molecule has 0 radical (unpaired) electrons. The van der Waals surface area contributed by atoms with Crippen molar-refractivity contribution in [3.05, 3.63) is 69.3 Å². The fraction of sp³-hybridized carbons (Fsp3) is 0.333. The lowest BCUT2D eigenvalue weighted by atomic mass is 10.0. The molecule has 5 heteroatoms. The predicted octanol–water partition coefficient (Wildman–Crippen LogP) is 3.94. The van der Waals surface area contributed by atoms with Gasteiger partial charge in [-0.3, -0.25) is 10.1 Å². The Kier molecular flexibility index (Phi) is 4.57. The Morgan fingerprint density at radius 1 is 1.26 bits per heavy atom. The van der Waals surface area contributed by atoms with E-state index in [0.717, 1.165) is 30.5 Å². The van der Waals surface area contributed by atoms with Crippen LogP contribution in [-0.4, -0.2) is 11.5 Å². The minimum absolute atomic E-state index is 0.187. The zero-order chi connectivity index (χ0) is 16.2. The summed E-state index contributed by atoms with van der Waals surface area (Å²) in [5.74, 6) is 0. The maximum Gasteiger partial charge on any atom is 0.272 e. The first-order valence-electron chi connectivity index (χ1n) is 7.96. The zero-order valence-electron chi connectivity index (χ0n) is 13.2. The number of nitrogens with zero attached hydrogens (tertiary/aromatic N) is 1. The standard InChI is InChI=1S/C18H21N3O2/c1-13-14(6-4-10-18(13)21(22)23)12-20-17-9-5-11-19-16-8-3-2-7-15(16)17/h2-4,6-8,10,17,19-20H,5,9,11-12H2,1H3/t17-/m0/s1. The average Bonchev–Trinajstić information content (AvgIpc) is 2.76. The van der Waals surface area contributed by atoms with Gasteiger partial charge in [0.05, 0.1) is 4.92 Å². The summed E-state index contributed by atoms with van der Waals surface area (Å²) < 4.78 is 0. The molecule has 0 fully saturated rings. The summed E-state index contributed by atoms with van der Waals surface area (Å²) in [6.07, 6.45) is 2.15. The van der Waals surface area contributed by atoms with Crippen molar-refractivity contribution < 1.29 is 4.92 Å². The minimum atomic E-state index is -0.316. The van der Waals surface area contributed by atoms with Crippen LogP contribution in [0.15, 0.2) is 42.5 Å². The molecule has 2 aromatic carbocycles. The van der Waals surface area contributed by atoms with E-state index in [1.165, 1.54) is 11.3 Å². The topological polar surface area (TPSA) is 67.2 Å². The van der Waals surface area contributed by atoms with Gasteiger partial charge in [-0.15, -0.1) is 0 Å². The summed E-state index contributed by atoms with van der Waals surface area (Å²) in [5, 5.41) is 18.1. The lowest BCUT2D eigenvalue weighted by molar-refractivity contribution is -0.385. The number of para-hydroxylation sites is 1. The molecule has 0 bridgehead atoms. The third kappa shape index (κ3) is 3.35. The highest BCUT2D eigenvalue weighted by Crippen LogP contribution is 2.30. The number of nitrogens with one attached hydrogen (secondary N) is 2. The van der Waals surface area contributed by atoms with Crippen LogP contribution in [0.2, 0.25) is 0 Å². The molecule has 1 aliphatic heterocycles. The van der Waals surface area contributed by atoms with E-state index in [-0.39, 0.29) is 16.7 Å². The Morgan fingerprint density at radius 3 is 2.91 bits per heavy atom. The number of hydrogen-bond donors (Lipinski definition) is 2. The number of hydrogen-bond acceptors (Lipinski definition) is 4. The normalized spacial score (nSPS) is 17.0. The zero-order valence-corrected chi connectivity index (χ0v) is 13.2. The first-order chi connectivity index (χ1) is 11.2. The van der Waals surface area contributed by atoms with E-state index in [0.29, 0.717) is 6.54 Å². The van der Waals surface area contributed by atoms with Crippen LogP contribution < -0.4 is 10.6 Å². The number of rotatable bonds is 4. The van der Waals surface area contributed by atoms with E-state index in [1.54, 1.807) is 12.1 Å². The number of fused-ring (bicyclic) bond motifs is 1. The van der Waals surface area contributed by atoms with Gasteiger partial charge in [-0.25, -0.2) is 0 Å². The van der Waals surface area contributed by atoms with Crippen LogP contribution in [0.3, 0.4) is 0 Å². The number of nitro benzene ring substituents is 1. The molecule has 23 heavy (non-hydrogen) atoms. The van der Waals surface area contributed by atoms with Crippen molar-refractivity contribution in [1.29, 1.82) is 0 Å². The van der Waals surface area contributed by atoms with Crippen LogP contribution in [0.25, 0.3) is 0 Å². The summed E-state index contributed by atoms with van der Waals surface area (Å²) in [6.45, 7) is 3.43. The Balaban J connectivity index is 1.79. The largest absolute Gasteiger partial charge is 0.385 e. The molecule has 0 unspecified atom stereocenters. The van der Waals surface area contributed by atoms with Crippen LogP contribution in [-0.2, 0) is 6.54 Å². The van der Waals surface area contributed by atoms with E-state index < -0.39 is 0 Å². The Bertz CT molecular complexity index is 715. The molecule has 0 spiro atoms. The molecular weight excluding hydrogens is 290 g/mol. The molecule has 1 aliphatic rings. The number of benzene rings is 2. The van der Waals surface area contributed by atoms with E-state index in [1.807, 2.05) is 19.1 Å². The van der Waals surface area contributed by atoms with Crippen molar-refractivity contribution in [3.8, 4) is 0 Å². The van der Waals surface area contributed by atoms with Gasteiger partial charge in [-0.05, 0) is 37.0 Å². The summed E-state index contributed by atoms with van der Waals surface area (Å²) in [6, 6.07) is 13.9. The molecule has 0 aromatic heterocycles. The van der Waals surface area contributed by atoms with Crippen molar-refractivity contribution in [2.75, 3.05) is 11.9 Å². The highest BCUT2D eigenvalue weighted by Gasteiger charge is 2.19. The van der Waals surface area contributed by atoms with Gasteiger partial charge in [0.25, 0.3) is 5.69 Å². The third-order valence-electron chi connectivity index (χ3n) is 4.47. The van der Waals surface area contributed by atoms with E-state index in [9.17, 15) is 10.1 Å². The molecule has 0 aliphatic carbocycles. The molecule has 3 rings (SSSR count). The molecule has 2 N–H and O–H groups in total. The summed E-state index contributed by atoms with van der Waals surface area (Å²) in [5.41, 5.74) is 4.36. The predicted molar refractivity (Wildman–Crippen MR) is 91.6 cm³/mol. The second-order valence-electron chi connectivity index (χ2n) is 5.91. The number of anilines is 1. The monoisotopic (exact) mass is 311 g/mol. The van der Waals surface area contributed by atoms with Gasteiger partial charge < -0.3 is 10.6 Å². The van der Waals surface area contributed by atoms with Crippen LogP contribution in [0.5, 0.6) is 0 Å². The lowest BCUT2D eigenvalue weighted by Crippen LogP contribution is -2.21. The molecule has 1 heterocycles. The fourth-order valence-electron chi connectivity index (χ4n) is 3.15. The maximum atomic E-state index is 11.1. The average molecular weight is 311 g/mol.